The molecule has 0 aliphatic carbocycles. The molecule has 4 rings (SSSR count). The number of anilines is 6. The molecule has 4 N–H and O–H groups in total. The van der Waals surface area contributed by atoms with E-state index in [1.807, 2.05) is 73.7 Å². The van der Waals surface area contributed by atoms with Crippen molar-refractivity contribution in [1.82, 2.24) is 15.0 Å². The van der Waals surface area contributed by atoms with Crippen LogP contribution in [0.15, 0.2) is 78.9 Å². The van der Waals surface area contributed by atoms with Crippen molar-refractivity contribution in [2.24, 2.45) is 0 Å². The highest BCUT2D eigenvalue weighted by Gasteiger charge is 2.17. The van der Waals surface area contributed by atoms with Gasteiger partial charge in [0.1, 0.15) is 6.04 Å². The Bertz CT molecular complexity index is 1210. The summed E-state index contributed by atoms with van der Waals surface area (Å²) < 4.78 is 0. The smallest absolute Gasteiger partial charge is 0.246 e. The van der Waals surface area contributed by atoms with E-state index < -0.39 is 6.04 Å². The van der Waals surface area contributed by atoms with Gasteiger partial charge in [0, 0.05) is 22.1 Å². The van der Waals surface area contributed by atoms with Crippen LogP contribution in [0.1, 0.15) is 12.5 Å². The second-order valence-electron chi connectivity index (χ2n) is 7.60. The Labute approximate surface area is 202 Å². The zero-order valence-corrected chi connectivity index (χ0v) is 19.5. The Morgan fingerprint density at radius 2 is 1.32 bits per heavy atom. The Morgan fingerprint density at radius 1 is 0.794 bits per heavy atom. The minimum absolute atomic E-state index is 0.248. The molecule has 0 aliphatic rings. The molecule has 9 heteroatoms. The third kappa shape index (κ3) is 6.20. The summed E-state index contributed by atoms with van der Waals surface area (Å²) in [7, 11) is 0. The van der Waals surface area contributed by atoms with Gasteiger partial charge in [-0.15, -0.1) is 0 Å². The first-order valence-corrected chi connectivity index (χ1v) is 11.1. The molecule has 1 amide bonds. The second kappa shape index (κ2) is 10.6. The van der Waals surface area contributed by atoms with E-state index in [4.69, 9.17) is 11.6 Å². The van der Waals surface area contributed by atoms with Gasteiger partial charge in [0.15, 0.2) is 0 Å². The minimum Gasteiger partial charge on any atom is -0.342 e. The van der Waals surface area contributed by atoms with Crippen LogP contribution in [0.5, 0.6) is 0 Å². The first kappa shape index (κ1) is 23.0. The molecule has 1 heterocycles. The molecule has 0 aliphatic heterocycles. The molecule has 0 radical (unpaired) electrons. The molecule has 34 heavy (non-hydrogen) atoms. The number of carbonyl (C=O) groups excluding carboxylic acids is 1. The lowest BCUT2D eigenvalue weighted by molar-refractivity contribution is -0.116. The van der Waals surface area contributed by atoms with E-state index in [1.165, 1.54) is 0 Å². The quantitative estimate of drug-likeness (QED) is 0.258. The average molecular weight is 474 g/mol. The molecular weight excluding hydrogens is 450 g/mol. The van der Waals surface area contributed by atoms with Gasteiger partial charge in [-0.3, -0.25) is 4.79 Å². The Morgan fingerprint density at radius 3 is 1.88 bits per heavy atom. The number of para-hydroxylation sites is 2. The number of hydrogen-bond acceptors (Lipinski definition) is 7. The van der Waals surface area contributed by atoms with Crippen molar-refractivity contribution in [3.8, 4) is 0 Å². The average Bonchev–Trinajstić information content (AvgIpc) is 2.82. The van der Waals surface area contributed by atoms with Gasteiger partial charge in [-0.2, -0.15) is 15.0 Å². The molecule has 172 valence electrons. The zero-order valence-electron chi connectivity index (χ0n) is 18.7. The third-order valence-corrected chi connectivity index (χ3v) is 5.13. The molecule has 0 spiro atoms. The fraction of sp³-hybridized carbons (Fsp3) is 0.120. The highest BCUT2D eigenvalue weighted by atomic mass is 35.5. The van der Waals surface area contributed by atoms with Gasteiger partial charge in [0.2, 0.25) is 23.8 Å². The fourth-order valence-corrected chi connectivity index (χ4v) is 3.25. The van der Waals surface area contributed by atoms with E-state index >= 15 is 0 Å². The van der Waals surface area contributed by atoms with Gasteiger partial charge >= 0.3 is 0 Å². The fourth-order valence-electron chi connectivity index (χ4n) is 3.08. The lowest BCUT2D eigenvalue weighted by Gasteiger charge is -2.17. The molecule has 1 atom stereocenters. The molecule has 8 nitrogen and oxygen atoms in total. The monoisotopic (exact) mass is 473 g/mol. The number of carbonyl (C=O) groups is 1. The molecule has 4 aromatic rings. The largest absolute Gasteiger partial charge is 0.342 e. The number of nitrogens with zero attached hydrogens (tertiary/aromatic N) is 3. The maximum Gasteiger partial charge on any atom is 0.246 e. The lowest BCUT2D eigenvalue weighted by atomic mass is 10.2. The first-order valence-electron chi connectivity index (χ1n) is 10.7. The van der Waals surface area contributed by atoms with Crippen molar-refractivity contribution in [3.63, 3.8) is 0 Å². The van der Waals surface area contributed by atoms with Crippen molar-refractivity contribution in [1.29, 1.82) is 0 Å². The summed E-state index contributed by atoms with van der Waals surface area (Å²) in [6.07, 6.45) is 0. The SMILES string of the molecule is Cc1ccc(Cl)cc1NC(=O)[C@@H](C)Nc1nc(Nc2ccccc2)nc(Nc2ccccc2)n1. The van der Waals surface area contributed by atoms with Crippen molar-refractivity contribution in [2.75, 3.05) is 21.3 Å². The normalized spacial score (nSPS) is 11.4. The summed E-state index contributed by atoms with van der Waals surface area (Å²) in [6, 6.07) is 23.9. The minimum atomic E-state index is -0.630. The zero-order chi connectivity index (χ0) is 23.9. The van der Waals surface area contributed by atoms with E-state index in [0.29, 0.717) is 22.6 Å². The van der Waals surface area contributed by atoms with E-state index in [0.717, 1.165) is 16.9 Å². The van der Waals surface area contributed by atoms with Crippen molar-refractivity contribution in [3.05, 3.63) is 89.4 Å². The maximum absolute atomic E-state index is 12.8. The molecular formula is C25H24ClN7O. The van der Waals surface area contributed by atoms with Gasteiger partial charge in [-0.25, -0.2) is 0 Å². The highest BCUT2D eigenvalue weighted by Crippen LogP contribution is 2.21. The van der Waals surface area contributed by atoms with Crippen LogP contribution in [0.2, 0.25) is 5.02 Å². The van der Waals surface area contributed by atoms with Gasteiger partial charge in [-0.1, -0.05) is 54.1 Å². The van der Waals surface area contributed by atoms with E-state index in [1.54, 1.807) is 19.1 Å². The Balaban J connectivity index is 1.55. The molecule has 0 unspecified atom stereocenters. The molecule has 0 fully saturated rings. The second-order valence-corrected chi connectivity index (χ2v) is 8.04. The lowest BCUT2D eigenvalue weighted by Crippen LogP contribution is -2.33. The molecule has 1 aromatic heterocycles. The molecule has 0 bridgehead atoms. The number of hydrogen-bond donors (Lipinski definition) is 4. The Hall–Kier alpha value is -4.17. The molecule has 3 aromatic carbocycles. The molecule has 0 saturated heterocycles. The summed E-state index contributed by atoms with van der Waals surface area (Å²) in [5.74, 6) is 0.666. The van der Waals surface area contributed by atoms with Crippen LogP contribution in [0.25, 0.3) is 0 Å². The van der Waals surface area contributed by atoms with E-state index in [9.17, 15) is 4.79 Å². The van der Waals surface area contributed by atoms with Crippen LogP contribution in [0.4, 0.5) is 34.9 Å². The van der Waals surface area contributed by atoms with Crippen LogP contribution in [0.3, 0.4) is 0 Å². The number of halogens is 1. The van der Waals surface area contributed by atoms with E-state index in [-0.39, 0.29) is 11.9 Å². The number of nitrogens with one attached hydrogen (secondary N) is 4. The summed E-state index contributed by atoms with van der Waals surface area (Å²) in [5.41, 5.74) is 3.22. The molecule has 0 saturated carbocycles. The summed E-state index contributed by atoms with van der Waals surface area (Å²) >= 11 is 6.07. The van der Waals surface area contributed by atoms with Crippen LogP contribution in [0, 0.1) is 6.92 Å². The first-order chi connectivity index (χ1) is 16.5. The third-order valence-electron chi connectivity index (χ3n) is 4.89. The maximum atomic E-state index is 12.8. The predicted molar refractivity (Wildman–Crippen MR) is 137 cm³/mol. The summed E-state index contributed by atoms with van der Waals surface area (Å²) in [5, 5.41) is 12.8. The van der Waals surface area contributed by atoms with Crippen LogP contribution in [-0.4, -0.2) is 26.9 Å². The van der Waals surface area contributed by atoms with Gasteiger partial charge in [0.05, 0.1) is 0 Å². The van der Waals surface area contributed by atoms with Crippen molar-refractivity contribution >= 4 is 52.4 Å². The van der Waals surface area contributed by atoms with Crippen LogP contribution in [-0.2, 0) is 4.79 Å². The number of rotatable bonds is 8. The number of amides is 1. The highest BCUT2D eigenvalue weighted by molar-refractivity contribution is 6.31. The summed E-state index contributed by atoms with van der Waals surface area (Å²) in [4.78, 5) is 26.2. The Kier molecular flexibility index (Phi) is 7.19. The standard InChI is InChI=1S/C25H24ClN7O/c1-16-13-14-18(26)15-21(16)30-22(34)17(2)27-23-31-24(28-19-9-5-3-6-10-19)33-25(32-23)29-20-11-7-4-8-12-20/h3-15,17H,1-2H3,(H,30,34)(H3,27,28,29,31,32,33)/t17-/m1/s1. The van der Waals surface area contributed by atoms with Crippen LogP contribution < -0.4 is 21.3 Å². The van der Waals surface area contributed by atoms with E-state index in [2.05, 4.69) is 36.2 Å². The number of aryl methyl sites for hydroxylation is 1. The van der Waals surface area contributed by atoms with Gasteiger partial charge in [0.25, 0.3) is 0 Å². The van der Waals surface area contributed by atoms with Gasteiger partial charge < -0.3 is 21.3 Å². The van der Waals surface area contributed by atoms with Crippen LogP contribution >= 0.6 is 11.6 Å². The van der Waals surface area contributed by atoms with Crippen molar-refractivity contribution < 1.29 is 4.79 Å². The van der Waals surface area contributed by atoms with Crippen molar-refractivity contribution in [2.45, 2.75) is 19.9 Å². The predicted octanol–water partition coefficient (Wildman–Crippen LogP) is 5.76. The topological polar surface area (TPSA) is 104 Å². The summed E-state index contributed by atoms with van der Waals surface area (Å²) in [6.45, 7) is 3.63. The number of benzene rings is 3. The van der Waals surface area contributed by atoms with Gasteiger partial charge in [-0.05, 0) is 55.8 Å². The number of aromatic nitrogens is 3.